The van der Waals surface area contributed by atoms with Crippen molar-refractivity contribution in [3.63, 3.8) is 0 Å². The number of halogens is 3. The normalized spacial score (nSPS) is 12.4. The van der Waals surface area contributed by atoms with Crippen LogP contribution in [0.3, 0.4) is 0 Å². The van der Waals surface area contributed by atoms with Crippen LogP contribution in [0.15, 0.2) is 0 Å². The van der Waals surface area contributed by atoms with Gasteiger partial charge < -0.3 is 10.6 Å². The van der Waals surface area contributed by atoms with Gasteiger partial charge in [-0.2, -0.15) is 13.2 Å². The highest BCUT2D eigenvalue weighted by atomic mass is 19.4. The van der Waals surface area contributed by atoms with Crippen molar-refractivity contribution in [1.82, 2.24) is 10.6 Å². The van der Waals surface area contributed by atoms with Crippen molar-refractivity contribution >= 4 is 0 Å². The number of hydrogen-bond donors (Lipinski definition) is 2. The molecule has 0 aliphatic carbocycles. The van der Waals surface area contributed by atoms with Gasteiger partial charge in [-0.3, -0.25) is 0 Å². The first-order chi connectivity index (χ1) is 6.92. The molecule has 2 N–H and O–H groups in total. The second kappa shape index (κ2) is 7.93. The average Bonchev–Trinajstić information content (AvgIpc) is 2.07. The predicted octanol–water partition coefficient (Wildman–Crippen LogP) is 2.31. The maximum absolute atomic E-state index is 11.7. The van der Waals surface area contributed by atoms with Gasteiger partial charge in [0.1, 0.15) is 0 Å². The van der Waals surface area contributed by atoms with Gasteiger partial charge in [-0.25, -0.2) is 0 Å². The number of hydrogen-bond acceptors (Lipinski definition) is 2. The van der Waals surface area contributed by atoms with E-state index in [0.29, 0.717) is 12.6 Å². The summed E-state index contributed by atoms with van der Waals surface area (Å²) in [6.45, 7) is 6.26. The van der Waals surface area contributed by atoms with Crippen LogP contribution in [0.1, 0.15) is 33.1 Å². The Balaban J connectivity index is 3.06. The number of rotatable bonds is 8. The fourth-order valence-electron chi connectivity index (χ4n) is 1.14. The minimum Gasteiger partial charge on any atom is -0.317 e. The van der Waals surface area contributed by atoms with Gasteiger partial charge in [0, 0.05) is 12.5 Å². The zero-order valence-electron chi connectivity index (χ0n) is 9.45. The Bertz CT molecular complexity index is 146. The smallest absolute Gasteiger partial charge is 0.317 e. The quantitative estimate of drug-likeness (QED) is 0.621. The second-order valence-corrected chi connectivity index (χ2v) is 3.93. The maximum atomic E-state index is 11.7. The van der Waals surface area contributed by atoms with E-state index in [1.165, 1.54) is 0 Å². The van der Waals surface area contributed by atoms with Crippen LogP contribution in [0.4, 0.5) is 13.2 Å². The third-order valence-corrected chi connectivity index (χ3v) is 1.90. The van der Waals surface area contributed by atoms with E-state index < -0.39 is 12.6 Å². The molecule has 0 fully saturated rings. The van der Waals surface area contributed by atoms with Crippen LogP contribution in [0, 0.1) is 0 Å². The first kappa shape index (κ1) is 14.7. The SMILES string of the molecule is CC(C)NCCCNCCCC(F)(F)F. The Labute approximate surface area is 89.6 Å². The first-order valence-electron chi connectivity index (χ1n) is 5.42. The maximum Gasteiger partial charge on any atom is 0.389 e. The number of alkyl halides is 3. The highest BCUT2D eigenvalue weighted by molar-refractivity contribution is 4.57. The summed E-state index contributed by atoms with van der Waals surface area (Å²) in [6.07, 6.45) is -3.59. The van der Waals surface area contributed by atoms with E-state index >= 15 is 0 Å². The molecule has 15 heavy (non-hydrogen) atoms. The molecule has 0 aromatic rings. The highest BCUT2D eigenvalue weighted by Crippen LogP contribution is 2.20. The summed E-state index contributed by atoms with van der Waals surface area (Å²) in [5.74, 6) is 0. The van der Waals surface area contributed by atoms with Gasteiger partial charge in [0.25, 0.3) is 0 Å². The third kappa shape index (κ3) is 13.7. The Hall–Kier alpha value is -0.290. The molecule has 0 unspecified atom stereocenters. The lowest BCUT2D eigenvalue weighted by atomic mass is 10.3. The van der Waals surface area contributed by atoms with E-state index in [4.69, 9.17) is 0 Å². The molecule has 0 aromatic carbocycles. The summed E-state index contributed by atoms with van der Waals surface area (Å²) in [7, 11) is 0. The van der Waals surface area contributed by atoms with Crippen molar-refractivity contribution in [3.8, 4) is 0 Å². The van der Waals surface area contributed by atoms with Gasteiger partial charge in [0.05, 0.1) is 0 Å². The molecule has 0 radical (unpaired) electrons. The monoisotopic (exact) mass is 226 g/mol. The summed E-state index contributed by atoms with van der Waals surface area (Å²) in [6, 6.07) is 0.468. The standard InChI is InChI=1S/C10H21F3N2/c1-9(2)15-8-4-7-14-6-3-5-10(11,12)13/h9,14-15H,3-8H2,1-2H3. The van der Waals surface area contributed by atoms with Crippen LogP contribution in [0.25, 0.3) is 0 Å². The minimum atomic E-state index is -4.01. The van der Waals surface area contributed by atoms with Crippen molar-refractivity contribution in [2.24, 2.45) is 0 Å². The molecule has 2 nitrogen and oxygen atoms in total. The summed E-state index contributed by atoms with van der Waals surface area (Å²) in [4.78, 5) is 0. The molecule has 5 heteroatoms. The molecule has 0 aromatic heterocycles. The van der Waals surface area contributed by atoms with E-state index in [1.54, 1.807) is 0 Å². The lowest BCUT2D eigenvalue weighted by Gasteiger charge is -2.09. The Morgan fingerprint density at radius 3 is 2.13 bits per heavy atom. The molecular weight excluding hydrogens is 205 g/mol. The molecule has 0 spiro atoms. The first-order valence-corrected chi connectivity index (χ1v) is 5.42. The zero-order valence-corrected chi connectivity index (χ0v) is 9.45. The number of nitrogens with one attached hydrogen (secondary N) is 2. The molecule has 0 aliphatic heterocycles. The van der Waals surface area contributed by atoms with Crippen molar-refractivity contribution in [2.75, 3.05) is 19.6 Å². The lowest BCUT2D eigenvalue weighted by Crippen LogP contribution is -2.27. The van der Waals surface area contributed by atoms with Crippen LogP contribution >= 0.6 is 0 Å². The molecule has 0 saturated heterocycles. The van der Waals surface area contributed by atoms with Crippen LogP contribution in [-0.4, -0.2) is 31.9 Å². The van der Waals surface area contributed by atoms with Crippen molar-refractivity contribution in [1.29, 1.82) is 0 Å². The average molecular weight is 226 g/mol. The van der Waals surface area contributed by atoms with E-state index in [-0.39, 0.29) is 6.42 Å². The van der Waals surface area contributed by atoms with E-state index in [1.807, 2.05) is 0 Å². The van der Waals surface area contributed by atoms with Crippen LogP contribution in [0.5, 0.6) is 0 Å². The topological polar surface area (TPSA) is 24.1 Å². The summed E-state index contributed by atoms with van der Waals surface area (Å²) >= 11 is 0. The lowest BCUT2D eigenvalue weighted by molar-refractivity contribution is -0.135. The summed E-state index contributed by atoms with van der Waals surface area (Å²) in [5.41, 5.74) is 0. The van der Waals surface area contributed by atoms with E-state index in [9.17, 15) is 13.2 Å². The van der Waals surface area contributed by atoms with E-state index in [2.05, 4.69) is 24.5 Å². The fraction of sp³-hybridized carbons (Fsp3) is 1.00. The summed E-state index contributed by atoms with van der Waals surface area (Å²) < 4.78 is 35.2. The molecule has 0 rings (SSSR count). The van der Waals surface area contributed by atoms with E-state index in [0.717, 1.165) is 19.5 Å². The van der Waals surface area contributed by atoms with Crippen molar-refractivity contribution in [3.05, 3.63) is 0 Å². The molecule has 0 atom stereocenters. The van der Waals surface area contributed by atoms with Crippen LogP contribution < -0.4 is 10.6 Å². The highest BCUT2D eigenvalue weighted by Gasteiger charge is 2.25. The Morgan fingerprint density at radius 2 is 1.60 bits per heavy atom. The second-order valence-electron chi connectivity index (χ2n) is 3.93. The van der Waals surface area contributed by atoms with Gasteiger partial charge in [-0.1, -0.05) is 13.8 Å². The van der Waals surface area contributed by atoms with Gasteiger partial charge >= 0.3 is 6.18 Å². The van der Waals surface area contributed by atoms with Gasteiger partial charge in [-0.15, -0.1) is 0 Å². The van der Waals surface area contributed by atoms with Crippen molar-refractivity contribution < 1.29 is 13.2 Å². The Morgan fingerprint density at radius 1 is 1.00 bits per heavy atom. The largest absolute Gasteiger partial charge is 0.389 e. The molecule has 0 amide bonds. The van der Waals surface area contributed by atoms with Crippen LogP contribution in [0.2, 0.25) is 0 Å². The predicted molar refractivity (Wildman–Crippen MR) is 55.9 cm³/mol. The molecule has 0 heterocycles. The molecular formula is C10H21F3N2. The molecule has 0 aliphatic rings. The van der Waals surface area contributed by atoms with Gasteiger partial charge in [0.15, 0.2) is 0 Å². The Kier molecular flexibility index (Phi) is 7.78. The molecule has 0 bridgehead atoms. The minimum absolute atomic E-state index is 0.168. The zero-order chi connectivity index (χ0) is 11.7. The third-order valence-electron chi connectivity index (χ3n) is 1.90. The summed E-state index contributed by atoms with van der Waals surface area (Å²) in [5, 5.41) is 6.23. The molecule has 92 valence electrons. The fourth-order valence-corrected chi connectivity index (χ4v) is 1.14. The van der Waals surface area contributed by atoms with Crippen LogP contribution in [-0.2, 0) is 0 Å². The van der Waals surface area contributed by atoms with Gasteiger partial charge in [-0.05, 0) is 32.5 Å². The van der Waals surface area contributed by atoms with Gasteiger partial charge in [0.2, 0.25) is 0 Å². The van der Waals surface area contributed by atoms with Crippen molar-refractivity contribution in [2.45, 2.75) is 45.3 Å². The molecule has 0 saturated carbocycles.